The molecule has 6 nitrogen and oxygen atoms in total. The summed E-state index contributed by atoms with van der Waals surface area (Å²) in [4.78, 5) is 0.0277. The predicted molar refractivity (Wildman–Crippen MR) is 79.8 cm³/mol. The molecule has 0 radical (unpaired) electrons. The Bertz CT molecular complexity index is 694. The highest BCUT2D eigenvalue weighted by atomic mass is 32.2. The van der Waals surface area contributed by atoms with Gasteiger partial charge in [-0.25, -0.2) is 21.6 Å². The molecule has 0 spiro atoms. The number of hydrogen-bond donors (Lipinski definition) is 2. The Morgan fingerprint density at radius 3 is 2.20 bits per heavy atom. The van der Waals surface area contributed by atoms with Crippen molar-refractivity contribution in [3.8, 4) is 0 Å². The molecule has 0 amide bonds. The van der Waals surface area contributed by atoms with Gasteiger partial charge in [0.15, 0.2) is 0 Å². The second kappa shape index (κ2) is 6.11. The standard InChI is InChI=1S/C12H20N2O4S2/c1-9-7-11(13)12(8-10(9)2)20(17,18)14-5-4-6-19(3,15)16/h7-8,14H,4-6,13H2,1-3H3. The summed E-state index contributed by atoms with van der Waals surface area (Å²) >= 11 is 0. The molecule has 0 aromatic heterocycles. The summed E-state index contributed by atoms with van der Waals surface area (Å²) in [6, 6.07) is 3.13. The number of nitrogens with one attached hydrogen (secondary N) is 1. The molecule has 0 heterocycles. The van der Waals surface area contributed by atoms with E-state index in [9.17, 15) is 16.8 Å². The van der Waals surface area contributed by atoms with Crippen LogP contribution in [0.1, 0.15) is 17.5 Å². The number of nitrogens with two attached hydrogens (primary N) is 1. The lowest BCUT2D eigenvalue weighted by Gasteiger charge is -2.11. The summed E-state index contributed by atoms with van der Waals surface area (Å²) in [5.41, 5.74) is 7.66. The van der Waals surface area contributed by atoms with Crippen LogP contribution in [0, 0.1) is 13.8 Å². The van der Waals surface area contributed by atoms with Gasteiger partial charge in [0.2, 0.25) is 10.0 Å². The molecule has 3 N–H and O–H groups in total. The fraction of sp³-hybridized carbons (Fsp3) is 0.500. The van der Waals surface area contributed by atoms with Gasteiger partial charge in [0, 0.05) is 12.8 Å². The molecule has 1 rings (SSSR count). The van der Waals surface area contributed by atoms with Crippen LogP contribution in [0.25, 0.3) is 0 Å². The van der Waals surface area contributed by atoms with Crippen LogP contribution in [0.2, 0.25) is 0 Å². The van der Waals surface area contributed by atoms with Crippen molar-refractivity contribution in [3.05, 3.63) is 23.3 Å². The zero-order valence-corrected chi connectivity index (χ0v) is 13.4. The molecule has 0 aliphatic rings. The molecule has 8 heteroatoms. The van der Waals surface area contributed by atoms with Crippen LogP contribution < -0.4 is 10.5 Å². The summed E-state index contributed by atoms with van der Waals surface area (Å²) in [6.45, 7) is 3.71. The average molecular weight is 320 g/mol. The first-order chi connectivity index (χ1) is 9.03. The first-order valence-corrected chi connectivity index (χ1v) is 9.61. The van der Waals surface area contributed by atoms with Crippen molar-refractivity contribution in [2.24, 2.45) is 0 Å². The van der Waals surface area contributed by atoms with Gasteiger partial charge in [-0.1, -0.05) is 0 Å². The number of sulfonamides is 1. The minimum Gasteiger partial charge on any atom is -0.398 e. The summed E-state index contributed by atoms with van der Waals surface area (Å²) in [6.07, 6.45) is 1.34. The van der Waals surface area contributed by atoms with Crippen molar-refractivity contribution in [1.29, 1.82) is 0 Å². The van der Waals surface area contributed by atoms with Crippen LogP contribution in [0.3, 0.4) is 0 Å². The Labute approximate surface area is 120 Å². The Hall–Kier alpha value is -1.12. The van der Waals surface area contributed by atoms with E-state index in [2.05, 4.69) is 4.72 Å². The molecule has 0 saturated carbocycles. The van der Waals surface area contributed by atoms with E-state index in [4.69, 9.17) is 5.73 Å². The van der Waals surface area contributed by atoms with Gasteiger partial charge in [0.25, 0.3) is 0 Å². The first kappa shape index (κ1) is 16.9. The van der Waals surface area contributed by atoms with Gasteiger partial charge in [-0.2, -0.15) is 0 Å². The van der Waals surface area contributed by atoms with Gasteiger partial charge in [-0.3, -0.25) is 0 Å². The fourth-order valence-electron chi connectivity index (χ4n) is 1.66. The Kier molecular flexibility index (Phi) is 5.17. The molecule has 1 aromatic rings. The molecule has 0 bridgehead atoms. The second-order valence-electron chi connectivity index (χ2n) is 4.86. The summed E-state index contributed by atoms with van der Waals surface area (Å²) < 4.78 is 48.5. The van der Waals surface area contributed by atoms with Gasteiger partial charge >= 0.3 is 0 Å². The van der Waals surface area contributed by atoms with E-state index in [1.54, 1.807) is 13.0 Å². The number of aryl methyl sites for hydroxylation is 2. The van der Waals surface area contributed by atoms with E-state index >= 15 is 0 Å². The Morgan fingerprint density at radius 2 is 1.65 bits per heavy atom. The lowest BCUT2D eigenvalue weighted by atomic mass is 10.1. The van der Waals surface area contributed by atoms with Crippen molar-refractivity contribution in [2.45, 2.75) is 25.2 Å². The maximum Gasteiger partial charge on any atom is 0.242 e. The van der Waals surface area contributed by atoms with Crippen molar-refractivity contribution in [2.75, 3.05) is 24.3 Å². The SMILES string of the molecule is Cc1cc(N)c(S(=O)(=O)NCCCS(C)(=O)=O)cc1C. The van der Waals surface area contributed by atoms with Gasteiger partial charge in [-0.05, 0) is 43.5 Å². The maximum atomic E-state index is 12.1. The van der Waals surface area contributed by atoms with Crippen molar-refractivity contribution in [3.63, 3.8) is 0 Å². The number of sulfone groups is 1. The van der Waals surface area contributed by atoms with Crippen LogP contribution in [-0.2, 0) is 19.9 Å². The van der Waals surface area contributed by atoms with Crippen LogP contribution >= 0.6 is 0 Å². The molecule has 0 saturated heterocycles. The predicted octanol–water partition coefficient (Wildman–Crippen LogP) is 0.599. The molecule has 1 aromatic carbocycles. The van der Waals surface area contributed by atoms with E-state index in [0.717, 1.165) is 17.4 Å². The molecule has 0 unspecified atom stereocenters. The van der Waals surface area contributed by atoms with Crippen LogP contribution in [0.5, 0.6) is 0 Å². The summed E-state index contributed by atoms with van der Waals surface area (Å²) in [5, 5.41) is 0. The van der Waals surface area contributed by atoms with Crippen LogP contribution in [0.4, 0.5) is 5.69 Å². The minimum atomic E-state index is -3.72. The minimum absolute atomic E-state index is 0.0277. The number of anilines is 1. The molecule has 0 aliphatic heterocycles. The molecule has 0 atom stereocenters. The molecular weight excluding hydrogens is 300 g/mol. The zero-order valence-electron chi connectivity index (χ0n) is 11.8. The Morgan fingerprint density at radius 1 is 1.10 bits per heavy atom. The van der Waals surface area contributed by atoms with Gasteiger partial charge in [0.05, 0.1) is 11.4 Å². The number of hydrogen-bond acceptors (Lipinski definition) is 5. The first-order valence-electron chi connectivity index (χ1n) is 6.07. The normalized spacial score (nSPS) is 12.6. The van der Waals surface area contributed by atoms with E-state index < -0.39 is 19.9 Å². The number of rotatable bonds is 6. The van der Waals surface area contributed by atoms with E-state index in [1.807, 2.05) is 6.92 Å². The second-order valence-corrected chi connectivity index (χ2v) is 8.85. The Balaban J connectivity index is 2.82. The third-order valence-electron chi connectivity index (χ3n) is 2.90. The molecule has 20 heavy (non-hydrogen) atoms. The zero-order chi connectivity index (χ0) is 15.6. The highest BCUT2D eigenvalue weighted by Crippen LogP contribution is 2.22. The molecule has 114 valence electrons. The van der Waals surface area contributed by atoms with Gasteiger partial charge in [0.1, 0.15) is 14.7 Å². The summed E-state index contributed by atoms with van der Waals surface area (Å²) in [7, 11) is -6.80. The lowest BCUT2D eigenvalue weighted by molar-refractivity contribution is 0.577. The number of nitrogen functional groups attached to an aromatic ring is 1. The highest BCUT2D eigenvalue weighted by molar-refractivity contribution is 7.90. The van der Waals surface area contributed by atoms with Gasteiger partial charge < -0.3 is 5.73 Å². The third-order valence-corrected chi connectivity index (χ3v) is 5.45. The average Bonchev–Trinajstić information content (AvgIpc) is 2.28. The van der Waals surface area contributed by atoms with E-state index in [-0.39, 0.29) is 29.3 Å². The number of benzene rings is 1. The fourth-order valence-corrected chi connectivity index (χ4v) is 3.60. The highest BCUT2D eigenvalue weighted by Gasteiger charge is 2.18. The third kappa shape index (κ3) is 4.77. The quantitative estimate of drug-likeness (QED) is 0.589. The van der Waals surface area contributed by atoms with Crippen LogP contribution in [0.15, 0.2) is 17.0 Å². The van der Waals surface area contributed by atoms with Crippen molar-refractivity contribution < 1.29 is 16.8 Å². The molecular formula is C12H20N2O4S2. The van der Waals surface area contributed by atoms with E-state index in [0.29, 0.717) is 0 Å². The van der Waals surface area contributed by atoms with Gasteiger partial charge in [-0.15, -0.1) is 0 Å². The topological polar surface area (TPSA) is 106 Å². The largest absolute Gasteiger partial charge is 0.398 e. The summed E-state index contributed by atoms with van der Waals surface area (Å²) in [5.74, 6) is -0.0576. The monoisotopic (exact) mass is 320 g/mol. The molecule has 0 fully saturated rings. The molecule has 0 aliphatic carbocycles. The van der Waals surface area contributed by atoms with E-state index in [1.165, 1.54) is 6.07 Å². The van der Waals surface area contributed by atoms with Crippen LogP contribution in [-0.4, -0.2) is 35.4 Å². The maximum absolute atomic E-state index is 12.1. The van der Waals surface area contributed by atoms with Crippen molar-refractivity contribution in [1.82, 2.24) is 4.72 Å². The van der Waals surface area contributed by atoms with Crippen molar-refractivity contribution >= 4 is 25.5 Å². The smallest absolute Gasteiger partial charge is 0.242 e. The lowest BCUT2D eigenvalue weighted by Crippen LogP contribution is -2.27.